The second-order valence-corrected chi connectivity index (χ2v) is 5.28. The first-order valence-electron chi connectivity index (χ1n) is 6.25. The van der Waals surface area contributed by atoms with Crippen molar-refractivity contribution in [3.05, 3.63) is 35.9 Å². The van der Waals surface area contributed by atoms with Gasteiger partial charge in [0, 0.05) is 0 Å². The van der Waals surface area contributed by atoms with Gasteiger partial charge in [-0.3, -0.25) is 9.28 Å². The number of hydrogen-bond acceptors (Lipinski definition) is 5. The molecule has 1 rings (SSSR count). The van der Waals surface area contributed by atoms with Crippen molar-refractivity contribution in [3.8, 4) is 0 Å². The highest BCUT2D eigenvalue weighted by atomic mass is 32.1. The number of thiol groups is 1. The first-order valence-corrected chi connectivity index (χ1v) is 6.88. The first-order chi connectivity index (χ1) is 9.44. The smallest absolute Gasteiger partial charge is 0.338 e. The van der Waals surface area contributed by atoms with Crippen LogP contribution >= 0.6 is 12.6 Å². The Kier molecular flexibility index (Phi) is 6.54. The molecule has 0 aliphatic heterocycles. The molecule has 0 aliphatic rings. The van der Waals surface area contributed by atoms with E-state index in [0.717, 1.165) is 0 Å². The zero-order valence-corrected chi connectivity index (χ0v) is 12.6. The SMILES string of the molecule is C[N+](C)(CCOC(=O)c1ccccc1)COC(=O)CS. The maximum absolute atomic E-state index is 11.7. The van der Waals surface area contributed by atoms with Crippen molar-refractivity contribution in [3.63, 3.8) is 0 Å². The third kappa shape index (κ3) is 6.08. The Labute approximate surface area is 124 Å². The number of ether oxygens (including phenoxy) is 2. The number of quaternary nitrogens is 1. The largest absolute Gasteiger partial charge is 0.456 e. The van der Waals surface area contributed by atoms with Gasteiger partial charge in [0.1, 0.15) is 13.2 Å². The van der Waals surface area contributed by atoms with Gasteiger partial charge < -0.3 is 9.47 Å². The van der Waals surface area contributed by atoms with Gasteiger partial charge in [-0.15, -0.1) is 0 Å². The van der Waals surface area contributed by atoms with Crippen molar-refractivity contribution in [2.24, 2.45) is 0 Å². The molecular weight excluding hydrogens is 278 g/mol. The van der Waals surface area contributed by atoms with E-state index in [4.69, 9.17) is 9.47 Å². The lowest BCUT2D eigenvalue weighted by molar-refractivity contribution is -0.907. The summed E-state index contributed by atoms with van der Waals surface area (Å²) in [7, 11) is 3.78. The first kappa shape index (κ1) is 16.5. The standard InChI is InChI=1S/C14H19NO4S/c1-15(2,11-19-13(16)10-20)8-9-18-14(17)12-6-4-3-5-7-12/h3-7H,8-11H2,1-2H3/p+1. The summed E-state index contributed by atoms with van der Waals surface area (Å²) in [5, 5.41) is 0. The summed E-state index contributed by atoms with van der Waals surface area (Å²) in [5.41, 5.74) is 0.527. The fourth-order valence-electron chi connectivity index (χ4n) is 1.40. The maximum Gasteiger partial charge on any atom is 0.338 e. The second kappa shape index (κ2) is 7.91. The minimum atomic E-state index is -0.360. The lowest BCUT2D eigenvalue weighted by atomic mass is 10.2. The van der Waals surface area contributed by atoms with Gasteiger partial charge in [0.05, 0.1) is 25.4 Å². The molecule has 0 aromatic heterocycles. The van der Waals surface area contributed by atoms with Crippen LogP contribution < -0.4 is 0 Å². The van der Waals surface area contributed by atoms with Crippen LogP contribution in [0, 0.1) is 0 Å². The zero-order chi connectivity index (χ0) is 15.0. The molecule has 0 atom stereocenters. The molecular formula is C14H20NO4S+. The highest BCUT2D eigenvalue weighted by Gasteiger charge is 2.18. The number of carbonyl (C=O) groups is 2. The van der Waals surface area contributed by atoms with E-state index < -0.39 is 0 Å². The van der Waals surface area contributed by atoms with Gasteiger partial charge in [-0.1, -0.05) is 18.2 Å². The van der Waals surface area contributed by atoms with Crippen LogP contribution in [0.5, 0.6) is 0 Å². The van der Waals surface area contributed by atoms with E-state index in [-0.39, 0.29) is 31.0 Å². The highest BCUT2D eigenvalue weighted by molar-refractivity contribution is 7.81. The topological polar surface area (TPSA) is 52.6 Å². The molecule has 0 saturated heterocycles. The monoisotopic (exact) mass is 298 g/mol. The Balaban J connectivity index is 2.32. The van der Waals surface area contributed by atoms with Gasteiger partial charge in [0.2, 0.25) is 6.73 Å². The van der Waals surface area contributed by atoms with Crippen LogP contribution in [0.3, 0.4) is 0 Å². The third-order valence-electron chi connectivity index (χ3n) is 2.64. The van der Waals surface area contributed by atoms with Crippen molar-refractivity contribution >= 4 is 24.6 Å². The average molecular weight is 298 g/mol. The Hall–Kier alpha value is -1.53. The molecule has 6 heteroatoms. The quantitative estimate of drug-likeness (QED) is 0.357. The molecule has 0 spiro atoms. The van der Waals surface area contributed by atoms with Crippen LogP contribution in [0.4, 0.5) is 0 Å². The van der Waals surface area contributed by atoms with E-state index in [0.29, 0.717) is 16.6 Å². The summed E-state index contributed by atoms with van der Waals surface area (Å²) in [4.78, 5) is 22.7. The van der Waals surface area contributed by atoms with E-state index in [1.165, 1.54) is 0 Å². The summed E-state index contributed by atoms with van der Waals surface area (Å²) in [6.45, 7) is 1.04. The van der Waals surface area contributed by atoms with Gasteiger partial charge in [0.15, 0.2) is 0 Å². The minimum Gasteiger partial charge on any atom is -0.456 e. The van der Waals surface area contributed by atoms with Crippen LogP contribution in [-0.2, 0) is 14.3 Å². The molecule has 0 radical (unpaired) electrons. The van der Waals surface area contributed by atoms with Gasteiger partial charge in [0.25, 0.3) is 0 Å². The van der Waals surface area contributed by atoms with E-state index in [9.17, 15) is 9.59 Å². The van der Waals surface area contributed by atoms with Gasteiger partial charge in [-0.25, -0.2) is 4.79 Å². The lowest BCUT2D eigenvalue weighted by Crippen LogP contribution is -2.45. The molecule has 0 saturated carbocycles. The summed E-state index contributed by atoms with van der Waals surface area (Å²) in [6.07, 6.45) is 0. The predicted molar refractivity (Wildman–Crippen MR) is 78.5 cm³/mol. The summed E-state index contributed by atoms with van der Waals surface area (Å²) in [6, 6.07) is 8.82. The Morgan fingerprint density at radius 3 is 2.40 bits per heavy atom. The van der Waals surface area contributed by atoms with Crippen molar-refractivity contribution in [2.75, 3.05) is 39.7 Å². The lowest BCUT2D eigenvalue weighted by Gasteiger charge is -2.28. The number of hydrogen-bond donors (Lipinski definition) is 1. The predicted octanol–water partition coefficient (Wildman–Crippen LogP) is 1.35. The number of nitrogens with zero attached hydrogens (tertiary/aromatic N) is 1. The number of carbonyl (C=O) groups excluding carboxylic acids is 2. The van der Waals surface area contributed by atoms with E-state index in [1.807, 2.05) is 20.2 Å². The number of rotatable bonds is 7. The molecule has 1 aromatic rings. The fourth-order valence-corrected chi connectivity index (χ4v) is 1.49. The van der Waals surface area contributed by atoms with E-state index >= 15 is 0 Å². The van der Waals surface area contributed by atoms with Gasteiger partial charge in [-0.05, 0) is 12.1 Å². The Bertz CT molecular complexity index is 448. The van der Waals surface area contributed by atoms with E-state index in [2.05, 4.69) is 12.6 Å². The molecule has 20 heavy (non-hydrogen) atoms. The summed E-state index contributed by atoms with van der Waals surface area (Å²) < 4.78 is 10.6. The molecule has 5 nitrogen and oxygen atoms in total. The third-order valence-corrected chi connectivity index (χ3v) is 2.90. The van der Waals surface area contributed by atoms with Crippen molar-refractivity contribution < 1.29 is 23.5 Å². The fraction of sp³-hybridized carbons (Fsp3) is 0.429. The van der Waals surface area contributed by atoms with Gasteiger partial charge >= 0.3 is 11.9 Å². The molecule has 110 valence electrons. The Morgan fingerprint density at radius 2 is 1.80 bits per heavy atom. The molecule has 0 N–H and O–H groups in total. The number of benzene rings is 1. The molecule has 0 amide bonds. The van der Waals surface area contributed by atoms with Crippen LogP contribution in [-0.4, -0.2) is 56.2 Å². The van der Waals surface area contributed by atoms with Crippen LogP contribution in [0.1, 0.15) is 10.4 Å². The molecule has 0 heterocycles. The van der Waals surface area contributed by atoms with Crippen molar-refractivity contribution in [1.82, 2.24) is 0 Å². The number of likely N-dealkylation sites (N-methyl/N-ethyl adjacent to an activating group) is 1. The highest BCUT2D eigenvalue weighted by Crippen LogP contribution is 2.03. The number of esters is 2. The van der Waals surface area contributed by atoms with Gasteiger partial charge in [-0.2, -0.15) is 12.6 Å². The molecule has 0 fully saturated rings. The Morgan fingerprint density at radius 1 is 1.15 bits per heavy atom. The van der Waals surface area contributed by atoms with Crippen LogP contribution in [0.25, 0.3) is 0 Å². The summed E-state index contributed by atoms with van der Waals surface area (Å²) in [5.74, 6) is -0.651. The molecule has 1 aromatic carbocycles. The second-order valence-electron chi connectivity index (χ2n) is 4.96. The van der Waals surface area contributed by atoms with Crippen LogP contribution in [0.15, 0.2) is 30.3 Å². The molecule has 0 unspecified atom stereocenters. The van der Waals surface area contributed by atoms with E-state index in [1.54, 1.807) is 24.3 Å². The minimum absolute atomic E-state index is 0.0585. The summed E-state index contributed by atoms with van der Waals surface area (Å²) >= 11 is 3.83. The van der Waals surface area contributed by atoms with Crippen LogP contribution in [0.2, 0.25) is 0 Å². The van der Waals surface area contributed by atoms with Crippen molar-refractivity contribution in [1.29, 1.82) is 0 Å². The van der Waals surface area contributed by atoms with Crippen molar-refractivity contribution in [2.45, 2.75) is 0 Å². The molecule has 0 bridgehead atoms. The zero-order valence-electron chi connectivity index (χ0n) is 11.7. The average Bonchev–Trinajstić information content (AvgIpc) is 2.45. The maximum atomic E-state index is 11.7. The molecule has 0 aliphatic carbocycles. The normalized spacial score (nSPS) is 10.9.